The third kappa shape index (κ3) is 10.3. The molecule has 0 heterocycles. The van der Waals surface area contributed by atoms with Gasteiger partial charge in [0.1, 0.15) is 22.9 Å². The Bertz CT molecular complexity index is 1090. The molecule has 2 rings (SSSR count). The normalized spacial score (nSPS) is 12.0. The molecule has 1 unspecified atom stereocenters. The van der Waals surface area contributed by atoms with E-state index < -0.39 is 16.4 Å². The first kappa shape index (κ1) is 31.7. The third-order valence-electron chi connectivity index (χ3n) is 6.35. The Labute approximate surface area is 231 Å². The second kappa shape index (κ2) is 16.4. The molecule has 0 bridgehead atoms. The fourth-order valence-electron chi connectivity index (χ4n) is 4.09. The van der Waals surface area contributed by atoms with Gasteiger partial charge in [-0.05, 0) is 26.2 Å². The van der Waals surface area contributed by atoms with Crippen LogP contribution >= 0.6 is 0 Å². The predicted octanol–water partition coefficient (Wildman–Crippen LogP) is 8.57. The number of unbranched alkanes of at least 4 members (excludes halogenated alkanes) is 7. The minimum absolute atomic E-state index is 0.0289. The van der Waals surface area contributed by atoms with Crippen molar-refractivity contribution in [1.29, 1.82) is 0 Å². The molecule has 2 N–H and O–H groups in total. The van der Waals surface area contributed by atoms with Gasteiger partial charge in [0, 0.05) is 32.3 Å². The summed E-state index contributed by atoms with van der Waals surface area (Å²) in [5.41, 5.74) is 0.510. The Kier molecular flexibility index (Phi) is 13.3. The van der Waals surface area contributed by atoms with Crippen molar-refractivity contribution in [3.8, 4) is 23.0 Å². The second-order valence-electron chi connectivity index (χ2n) is 10.0. The predicted molar refractivity (Wildman–Crippen MR) is 154 cm³/mol. The highest BCUT2D eigenvalue weighted by Gasteiger charge is 2.20. The summed E-state index contributed by atoms with van der Waals surface area (Å²) < 4.78 is 12.0. The lowest BCUT2D eigenvalue weighted by atomic mass is 10.1. The van der Waals surface area contributed by atoms with E-state index in [1.165, 1.54) is 12.8 Å². The van der Waals surface area contributed by atoms with Gasteiger partial charge in [-0.3, -0.25) is 10.1 Å². The Balaban J connectivity index is 2.30. The number of phenols is 2. The average Bonchev–Trinajstić information content (AvgIpc) is 2.89. The van der Waals surface area contributed by atoms with Gasteiger partial charge >= 0.3 is 5.69 Å². The van der Waals surface area contributed by atoms with Crippen molar-refractivity contribution >= 4 is 22.7 Å². The second-order valence-corrected chi connectivity index (χ2v) is 10.0. The van der Waals surface area contributed by atoms with Gasteiger partial charge in [0.25, 0.3) is 0 Å². The van der Waals surface area contributed by atoms with Gasteiger partial charge in [0.2, 0.25) is 0 Å². The number of nitro groups is 1. The molecule has 0 fully saturated rings. The van der Waals surface area contributed by atoms with E-state index in [2.05, 4.69) is 24.1 Å². The molecule has 216 valence electrons. The zero-order chi connectivity index (χ0) is 28.8. The van der Waals surface area contributed by atoms with E-state index in [1.807, 2.05) is 25.9 Å². The van der Waals surface area contributed by atoms with Gasteiger partial charge in [-0.25, -0.2) is 0 Å². The quantitative estimate of drug-likeness (QED) is 0.0831. The van der Waals surface area contributed by atoms with Crippen LogP contribution in [0.15, 0.2) is 34.5 Å². The minimum Gasteiger partial charge on any atom is -0.506 e. The van der Waals surface area contributed by atoms with Crippen LogP contribution in [-0.4, -0.2) is 41.9 Å². The van der Waals surface area contributed by atoms with Crippen molar-refractivity contribution in [2.24, 2.45) is 10.2 Å². The van der Waals surface area contributed by atoms with Gasteiger partial charge in [0.15, 0.2) is 11.5 Å². The molecule has 0 aliphatic heterocycles. The minimum atomic E-state index is -0.677. The standard InChI is InChI=1S/C29H44N4O6/c1-6-8-10-12-14-16-38-28-20-24(33(36)37)27(35)17-23(28)31-30-22-18-29(25(32(4)5)19-26(22)34)39-21(3)15-13-11-9-7-2/h17-21,34-35H,6-16H2,1-5H3. The molecule has 0 aliphatic carbocycles. The molecule has 10 heteroatoms. The number of hydrogen-bond donors (Lipinski definition) is 2. The van der Waals surface area contributed by atoms with Crippen LogP contribution in [0.2, 0.25) is 0 Å². The molecule has 2 aromatic rings. The fourth-order valence-corrected chi connectivity index (χ4v) is 4.09. The highest BCUT2D eigenvalue weighted by molar-refractivity contribution is 5.69. The molecular formula is C29H44N4O6. The summed E-state index contributed by atoms with van der Waals surface area (Å²) in [5.74, 6) is 0.0532. The highest BCUT2D eigenvalue weighted by Crippen LogP contribution is 2.43. The number of rotatable bonds is 18. The van der Waals surface area contributed by atoms with Gasteiger partial charge in [-0.1, -0.05) is 58.8 Å². The van der Waals surface area contributed by atoms with Crippen molar-refractivity contribution in [3.63, 3.8) is 0 Å². The Morgan fingerprint density at radius 2 is 1.51 bits per heavy atom. The summed E-state index contributed by atoms with van der Waals surface area (Å²) in [5, 5.41) is 40.6. The molecule has 10 nitrogen and oxygen atoms in total. The van der Waals surface area contributed by atoms with Crippen molar-refractivity contribution in [1.82, 2.24) is 0 Å². The van der Waals surface area contributed by atoms with Crippen LogP contribution in [0.3, 0.4) is 0 Å². The van der Waals surface area contributed by atoms with Crippen molar-refractivity contribution in [2.75, 3.05) is 25.6 Å². The van der Waals surface area contributed by atoms with E-state index >= 15 is 0 Å². The van der Waals surface area contributed by atoms with Crippen LogP contribution in [-0.2, 0) is 0 Å². The average molecular weight is 545 g/mol. The lowest BCUT2D eigenvalue weighted by molar-refractivity contribution is -0.385. The summed E-state index contributed by atoms with van der Waals surface area (Å²) in [6.07, 6.45) is 10.6. The first-order chi connectivity index (χ1) is 18.7. The maximum absolute atomic E-state index is 11.4. The summed E-state index contributed by atoms with van der Waals surface area (Å²) in [6, 6.07) is 5.49. The number of nitro benzene ring substituents is 1. The van der Waals surface area contributed by atoms with E-state index in [1.54, 1.807) is 12.1 Å². The van der Waals surface area contributed by atoms with Gasteiger partial charge in [-0.15, -0.1) is 10.2 Å². The molecule has 1 atom stereocenters. The van der Waals surface area contributed by atoms with E-state index in [0.717, 1.165) is 63.5 Å². The van der Waals surface area contributed by atoms with Crippen LogP contribution in [0.5, 0.6) is 23.0 Å². The van der Waals surface area contributed by atoms with Gasteiger partial charge < -0.3 is 24.6 Å². The van der Waals surface area contributed by atoms with Crippen molar-refractivity contribution in [2.45, 2.75) is 91.1 Å². The smallest absolute Gasteiger partial charge is 0.314 e. The van der Waals surface area contributed by atoms with Crippen molar-refractivity contribution < 1.29 is 24.6 Å². The fraction of sp³-hybridized carbons (Fsp3) is 0.586. The zero-order valence-electron chi connectivity index (χ0n) is 24.0. The topological polar surface area (TPSA) is 130 Å². The summed E-state index contributed by atoms with van der Waals surface area (Å²) in [7, 11) is 3.72. The molecule has 2 aromatic carbocycles. The lowest BCUT2D eigenvalue weighted by Gasteiger charge is -2.22. The molecule has 0 aliphatic rings. The monoisotopic (exact) mass is 544 g/mol. The number of aromatic hydroxyl groups is 2. The van der Waals surface area contributed by atoms with E-state index in [4.69, 9.17) is 9.47 Å². The van der Waals surface area contributed by atoms with E-state index in [9.17, 15) is 20.3 Å². The van der Waals surface area contributed by atoms with Gasteiger partial charge in [0.05, 0.1) is 29.4 Å². The number of azo groups is 1. The van der Waals surface area contributed by atoms with Gasteiger partial charge in [-0.2, -0.15) is 0 Å². The number of hydrogen-bond acceptors (Lipinski definition) is 9. The van der Waals surface area contributed by atoms with Crippen LogP contribution < -0.4 is 14.4 Å². The molecule has 0 radical (unpaired) electrons. The summed E-state index contributed by atoms with van der Waals surface area (Å²) >= 11 is 0. The van der Waals surface area contributed by atoms with E-state index in [-0.39, 0.29) is 29.0 Å². The third-order valence-corrected chi connectivity index (χ3v) is 6.35. The van der Waals surface area contributed by atoms with Crippen molar-refractivity contribution in [3.05, 3.63) is 34.4 Å². The Morgan fingerprint density at radius 3 is 2.15 bits per heavy atom. The van der Waals surface area contributed by atoms with Crippen LogP contribution in [0.25, 0.3) is 0 Å². The van der Waals surface area contributed by atoms with E-state index in [0.29, 0.717) is 18.0 Å². The SMILES string of the molecule is CCCCCCCOc1cc([N+](=O)[O-])c(O)cc1N=Nc1cc(OC(C)CCCCCC)c(N(C)C)cc1O. The Hall–Kier alpha value is -3.56. The number of anilines is 1. The Morgan fingerprint density at radius 1 is 0.872 bits per heavy atom. The highest BCUT2D eigenvalue weighted by atomic mass is 16.6. The summed E-state index contributed by atoms with van der Waals surface area (Å²) in [6.45, 7) is 6.69. The van der Waals surface area contributed by atoms with Crippen LogP contribution in [0.4, 0.5) is 22.7 Å². The molecular weight excluding hydrogens is 500 g/mol. The number of benzene rings is 2. The maximum Gasteiger partial charge on any atom is 0.314 e. The number of ether oxygens (including phenoxy) is 2. The summed E-state index contributed by atoms with van der Waals surface area (Å²) in [4.78, 5) is 12.5. The first-order valence-corrected chi connectivity index (χ1v) is 13.9. The van der Waals surface area contributed by atoms with Crippen LogP contribution in [0.1, 0.15) is 85.0 Å². The number of phenolic OH excluding ortho intramolecular Hbond substituents is 2. The molecule has 39 heavy (non-hydrogen) atoms. The largest absolute Gasteiger partial charge is 0.506 e. The maximum atomic E-state index is 11.4. The first-order valence-electron chi connectivity index (χ1n) is 13.9. The molecule has 0 spiro atoms. The molecule has 0 saturated heterocycles. The van der Waals surface area contributed by atoms with Crippen LogP contribution in [0, 0.1) is 10.1 Å². The molecule has 0 aromatic heterocycles. The number of nitrogens with zero attached hydrogens (tertiary/aromatic N) is 4. The molecule has 0 saturated carbocycles. The zero-order valence-corrected chi connectivity index (χ0v) is 24.0. The lowest BCUT2D eigenvalue weighted by Crippen LogP contribution is -2.16. The molecule has 0 amide bonds.